The fourth-order valence-corrected chi connectivity index (χ4v) is 1.48. The van der Waals surface area contributed by atoms with E-state index < -0.39 is 0 Å². The number of likely N-dealkylation sites (N-methyl/N-ethyl adjacent to an activating group) is 1. The van der Waals surface area contributed by atoms with Crippen molar-refractivity contribution >= 4 is 5.91 Å². The summed E-state index contributed by atoms with van der Waals surface area (Å²) in [4.78, 5) is 13.4. The van der Waals surface area contributed by atoms with E-state index >= 15 is 0 Å². The Balaban J connectivity index is 2.65. The second-order valence-electron chi connectivity index (χ2n) is 3.88. The highest BCUT2D eigenvalue weighted by Gasteiger charge is 2.12. The maximum absolute atomic E-state index is 11.7. The minimum atomic E-state index is 0.0658. The van der Waals surface area contributed by atoms with Crippen LogP contribution in [0.3, 0.4) is 0 Å². The fourth-order valence-electron chi connectivity index (χ4n) is 1.48. The van der Waals surface area contributed by atoms with Crippen LogP contribution in [0.25, 0.3) is 0 Å². The summed E-state index contributed by atoms with van der Waals surface area (Å²) >= 11 is 0. The maximum atomic E-state index is 11.7. The highest BCUT2D eigenvalue weighted by molar-refractivity contribution is 5.88. The Labute approximate surface area is 92.0 Å². The van der Waals surface area contributed by atoms with Crippen molar-refractivity contribution in [1.82, 2.24) is 4.90 Å². The molecule has 0 saturated carbocycles. The summed E-state index contributed by atoms with van der Waals surface area (Å²) in [5.41, 5.74) is 2.48. The molecule has 1 aliphatic rings. The highest BCUT2D eigenvalue weighted by atomic mass is 16.2. The van der Waals surface area contributed by atoms with Gasteiger partial charge in [0.25, 0.3) is 0 Å². The second-order valence-corrected chi connectivity index (χ2v) is 3.88. The molecule has 0 atom stereocenters. The van der Waals surface area contributed by atoms with Gasteiger partial charge in [-0.05, 0) is 38.3 Å². The van der Waals surface area contributed by atoms with Gasteiger partial charge >= 0.3 is 0 Å². The molecule has 0 radical (unpaired) electrons. The van der Waals surface area contributed by atoms with Gasteiger partial charge in [0.2, 0.25) is 5.91 Å². The Kier molecular flexibility index (Phi) is 4.35. The molecule has 0 aromatic carbocycles. The molecule has 2 heteroatoms. The van der Waals surface area contributed by atoms with Crippen molar-refractivity contribution < 1.29 is 4.79 Å². The van der Waals surface area contributed by atoms with Crippen LogP contribution in [0.1, 0.15) is 33.1 Å². The van der Waals surface area contributed by atoms with E-state index in [2.05, 4.69) is 13.0 Å². The third kappa shape index (κ3) is 3.39. The summed E-state index contributed by atoms with van der Waals surface area (Å²) in [5, 5.41) is 0. The lowest BCUT2D eigenvalue weighted by Crippen LogP contribution is -2.24. The molecule has 0 fully saturated rings. The highest BCUT2D eigenvalue weighted by Crippen LogP contribution is 2.20. The Bertz CT molecular complexity index is 323. The lowest BCUT2D eigenvalue weighted by molar-refractivity contribution is -0.123. The topological polar surface area (TPSA) is 20.3 Å². The number of amides is 1. The van der Waals surface area contributed by atoms with E-state index in [0.29, 0.717) is 0 Å². The number of nitrogens with zero attached hydrogens (tertiary/aromatic N) is 1. The largest absolute Gasteiger partial charge is 0.316 e. The van der Waals surface area contributed by atoms with Gasteiger partial charge in [0.15, 0.2) is 0 Å². The molecule has 1 aliphatic carbocycles. The third-order valence-electron chi connectivity index (χ3n) is 2.59. The van der Waals surface area contributed by atoms with Crippen LogP contribution in [-0.2, 0) is 4.79 Å². The minimum absolute atomic E-state index is 0.0658. The van der Waals surface area contributed by atoms with E-state index in [9.17, 15) is 4.79 Å². The minimum Gasteiger partial charge on any atom is -0.316 e. The summed E-state index contributed by atoms with van der Waals surface area (Å²) in [5.74, 6) is 0.0658. The van der Waals surface area contributed by atoms with Gasteiger partial charge in [-0.1, -0.05) is 24.6 Å². The van der Waals surface area contributed by atoms with Crippen LogP contribution in [-0.4, -0.2) is 17.9 Å². The first-order chi connectivity index (χ1) is 7.15. The SMILES string of the molecule is CC/C=C\C(=O)N(C)C1=CC=C(C)CC1. The molecule has 1 amide bonds. The van der Waals surface area contributed by atoms with Crippen LogP contribution in [0, 0.1) is 0 Å². The predicted molar refractivity (Wildman–Crippen MR) is 63.3 cm³/mol. The predicted octanol–water partition coefficient (Wildman–Crippen LogP) is 3.04. The lowest BCUT2D eigenvalue weighted by Gasteiger charge is -2.21. The fraction of sp³-hybridized carbons (Fsp3) is 0.462. The molecule has 0 unspecified atom stereocenters. The van der Waals surface area contributed by atoms with Gasteiger partial charge < -0.3 is 4.90 Å². The molecule has 0 aromatic rings. The molecule has 0 aromatic heterocycles. The molecule has 0 N–H and O–H groups in total. The number of rotatable bonds is 3. The number of carbonyl (C=O) groups is 1. The second kappa shape index (κ2) is 5.54. The summed E-state index contributed by atoms with van der Waals surface area (Å²) in [7, 11) is 1.84. The van der Waals surface area contributed by atoms with Crippen molar-refractivity contribution in [3.63, 3.8) is 0 Å². The molecule has 0 aliphatic heterocycles. The number of hydrogen-bond donors (Lipinski definition) is 0. The van der Waals surface area contributed by atoms with E-state index in [1.54, 1.807) is 11.0 Å². The van der Waals surface area contributed by atoms with Crippen molar-refractivity contribution in [3.05, 3.63) is 35.6 Å². The zero-order chi connectivity index (χ0) is 11.3. The first-order valence-corrected chi connectivity index (χ1v) is 5.45. The molecule has 15 heavy (non-hydrogen) atoms. The Morgan fingerprint density at radius 3 is 2.73 bits per heavy atom. The van der Waals surface area contributed by atoms with Gasteiger partial charge in [-0.2, -0.15) is 0 Å². The van der Waals surface area contributed by atoms with Crippen LogP contribution in [0.5, 0.6) is 0 Å². The normalized spacial score (nSPS) is 16.2. The monoisotopic (exact) mass is 205 g/mol. The smallest absolute Gasteiger partial charge is 0.250 e. The van der Waals surface area contributed by atoms with E-state index in [0.717, 1.165) is 25.0 Å². The first kappa shape index (κ1) is 11.8. The molecular formula is C13H19NO. The molecule has 0 spiro atoms. The standard InChI is InChI=1S/C13H19NO/c1-4-5-6-13(15)14(3)12-9-7-11(2)8-10-12/h5-7,9H,4,8,10H2,1-3H3/b6-5-. The van der Waals surface area contributed by atoms with Crippen molar-refractivity contribution in [1.29, 1.82) is 0 Å². The zero-order valence-electron chi connectivity index (χ0n) is 9.79. The Morgan fingerprint density at radius 1 is 1.47 bits per heavy atom. The van der Waals surface area contributed by atoms with Crippen LogP contribution < -0.4 is 0 Å². The zero-order valence-corrected chi connectivity index (χ0v) is 9.79. The van der Waals surface area contributed by atoms with E-state index in [-0.39, 0.29) is 5.91 Å². The van der Waals surface area contributed by atoms with Crippen LogP contribution >= 0.6 is 0 Å². The number of allylic oxidation sites excluding steroid dienone is 5. The van der Waals surface area contributed by atoms with Crippen molar-refractivity contribution in [2.75, 3.05) is 7.05 Å². The maximum Gasteiger partial charge on any atom is 0.250 e. The van der Waals surface area contributed by atoms with Crippen LogP contribution in [0.4, 0.5) is 0 Å². The van der Waals surface area contributed by atoms with Gasteiger partial charge in [0, 0.05) is 12.7 Å². The number of carbonyl (C=O) groups excluding carboxylic acids is 1. The average Bonchev–Trinajstić information content (AvgIpc) is 2.26. The summed E-state index contributed by atoms with van der Waals surface area (Å²) < 4.78 is 0. The molecule has 0 saturated heterocycles. The lowest BCUT2D eigenvalue weighted by atomic mass is 10.0. The summed E-state index contributed by atoms with van der Waals surface area (Å²) in [6.45, 7) is 4.14. The van der Waals surface area contributed by atoms with E-state index in [1.165, 1.54) is 5.57 Å². The van der Waals surface area contributed by atoms with Crippen LogP contribution in [0.15, 0.2) is 35.6 Å². The van der Waals surface area contributed by atoms with Crippen molar-refractivity contribution in [2.45, 2.75) is 33.1 Å². The first-order valence-electron chi connectivity index (χ1n) is 5.45. The summed E-state index contributed by atoms with van der Waals surface area (Å²) in [6, 6.07) is 0. The van der Waals surface area contributed by atoms with Gasteiger partial charge in [0.1, 0.15) is 0 Å². The van der Waals surface area contributed by atoms with Gasteiger partial charge in [0.05, 0.1) is 0 Å². The Morgan fingerprint density at radius 2 is 2.20 bits per heavy atom. The quantitative estimate of drug-likeness (QED) is 0.648. The average molecular weight is 205 g/mol. The van der Waals surface area contributed by atoms with Gasteiger partial charge in [-0.3, -0.25) is 4.79 Å². The Hall–Kier alpha value is -1.31. The molecule has 0 bridgehead atoms. The van der Waals surface area contributed by atoms with E-state index in [1.807, 2.05) is 26.1 Å². The summed E-state index contributed by atoms with van der Waals surface area (Å²) in [6.07, 6.45) is 10.6. The number of hydrogen-bond acceptors (Lipinski definition) is 1. The molecular weight excluding hydrogens is 186 g/mol. The third-order valence-corrected chi connectivity index (χ3v) is 2.59. The van der Waals surface area contributed by atoms with Crippen molar-refractivity contribution in [3.8, 4) is 0 Å². The van der Waals surface area contributed by atoms with Crippen molar-refractivity contribution in [2.24, 2.45) is 0 Å². The molecule has 2 nitrogen and oxygen atoms in total. The van der Waals surface area contributed by atoms with Crippen LogP contribution in [0.2, 0.25) is 0 Å². The van der Waals surface area contributed by atoms with E-state index in [4.69, 9.17) is 0 Å². The van der Waals surface area contributed by atoms with Gasteiger partial charge in [-0.25, -0.2) is 0 Å². The molecule has 1 rings (SSSR count). The van der Waals surface area contributed by atoms with Gasteiger partial charge in [-0.15, -0.1) is 0 Å². The molecule has 82 valence electrons. The molecule has 0 heterocycles.